The standard InChI is InChI=1S/C23H22N8O2S/c1-14-23(15(2)31(4)28-14)34(32,33)29-19-7-17(9-24-11-19)16-5-6-20-21(8-16)27-22(12-25-20)18-10-26-30(3)13-18/h5-13,29H,1-4H3. The molecule has 0 amide bonds. The highest BCUT2D eigenvalue weighted by Gasteiger charge is 2.24. The molecule has 0 unspecified atom stereocenters. The molecule has 0 aliphatic heterocycles. The molecule has 34 heavy (non-hydrogen) atoms. The molecule has 10 nitrogen and oxygen atoms in total. The lowest BCUT2D eigenvalue weighted by Gasteiger charge is -2.10. The van der Waals surface area contributed by atoms with Gasteiger partial charge in [0.15, 0.2) is 0 Å². The molecule has 4 aromatic heterocycles. The van der Waals surface area contributed by atoms with E-state index in [4.69, 9.17) is 4.98 Å². The van der Waals surface area contributed by atoms with Gasteiger partial charge in [-0.15, -0.1) is 0 Å². The molecule has 0 atom stereocenters. The quantitative estimate of drug-likeness (QED) is 0.415. The fraction of sp³-hybridized carbons (Fsp3) is 0.174. The predicted octanol–water partition coefficient (Wildman–Crippen LogP) is 3.24. The first-order chi connectivity index (χ1) is 16.2. The summed E-state index contributed by atoms with van der Waals surface area (Å²) in [4.78, 5) is 13.6. The van der Waals surface area contributed by atoms with Crippen LogP contribution in [0.1, 0.15) is 11.4 Å². The molecule has 0 aliphatic rings. The number of hydrogen-bond donors (Lipinski definition) is 1. The van der Waals surface area contributed by atoms with Crippen molar-refractivity contribution in [1.29, 1.82) is 0 Å². The molecule has 11 heteroatoms. The van der Waals surface area contributed by atoms with Crippen molar-refractivity contribution < 1.29 is 8.42 Å². The van der Waals surface area contributed by atoms with E-state index < -0.39 is 10.0 Å². The van der Waals surface area contributed by atoms with E-state index in [1.54, 1.807) is 54.9 Å². The largest absolute Gasteiger partial charge is 0.278 e. The third-order valence-electron chi connectivity index (χ3n) is 5.58. The second-order valence-corrected chi connectivity index (χ2v) is 9.67. The summed E-state index contributed by atoms with van der Waals surface area (Å²) in [6.07, 6.45) is 8.50. The first-order valence-electron chi connectivity index (χ1n) is 10.5. The molecule has 1 N–H and O–H groups in total. The molecule has 0 saturated heterocycles. The molecule has 1 aromatic carbocycles. The molecule has 0 radical (unpaired) electrons. The highest BCUT2D eigenvalue weighted by molar-refractivity contribution is 7.92. The van der Waals surface area contributed by atoms with Crippen LogP contribution in [0, 0.1) is 13.8 Å². The Balaban J connectivity index is 1.49. The number of fused-ring (bicyclic) bond motifs is 1. The van der Waals surface area contributed by atoms with Crippen molar-refractivity contribution in [2.75, 3.05) is 4.72 Å². The summed E-state index contributed by atoms with van der Waals surface area (Å²) >= 11 is 0. The Morgan fingerprint density at radius 2 is 1.74 bits per heavy atom. The van der Waals surface area contributed by atoms with Gasteiger partial charge in [-0.3, -0.25) is 24.1 Å². The summed E-state index contributed by atoms with van der Waals surface area (Å²) in [5.41, 5.74) is 6.01. The molecule has 0 fully saturated rings. The van der Waals surface area contributed by atoms with Gasteiger partial charge in [0, 0.05) is 37.6 Å². The molecule has 5 aromatic rings. The van der Waals surface area contributed by atoms with Crippen LogP contribution < -0.4 is 4.72 Å². The monoisotopic (exact) mass is 474 g/mol. The third kappa shape index (κ3) is 3.90. The van der Waals surface area contributed by atoms with Crippen molar-refractivity contribution in [3.05, 3.63) is 66.6 Å². The van der Waals surface area contributed by atoms with E-state index in [0.717, 1.165) is 27.9 Å². The summed E-state index contributed by atoms with van der Waals surface area (Å²) < 4.78 is 32.0. The van der Waals surface area contributed by atoms with Crippen LogP contribution in [0.15, 0.2) is 60.1 Å². The predicted molar refractivity (Wildman–Crippen MR) is 128 cm³/mol. The number of pyridine rings is 1. The smallest absolute Gasteiger partial charge is 0.265 e. The average molecular weight is 475 g/mol. The Morgan fingerprint density at radius 1 is 0.912 bits per heavy atom. The number of sulfonamides is 1. The lowest BCUT2D eigenvalue weighted by molar-refractivity contribution is 0.599. The SMILES string of the molecule is Cc1nn(C)c(C)c1S(=O)(=O)Nc1cncc(-c2ccc3ncc(-c4cnn(C)c4)nc3c2)c1. The number of benzene rings is 1. The number of aryl methyl sites for hydroxylation is 3. The number of anilines is 1. The molecule has 0 aliphatic carbocycles. The zero-order chi connectivity index (χ0) is 24.0. The van der Waals surface area contributed by atoms with Crippen LogP contribution in [0.2, 0.25) is 0 Å². The molecular formula is C23H22N8O2S. The van der Waals surface area contributed by atoms with Crippen molar-refractivity contribution in [3.63, 3.8) is 0 Å². The van der Waals surface area contributed by atoms with Crippen molar-refractivity contribution in [2.45, 2.75) is 18.7 Å². The van der Waals surface area contributed by atoms with Gasteiger partial charge in [0.1, 0.15) is 4.90 Å². The summed E-state index contributed by atoms with van der Waals surface area (Å²) in [5, 5.41) is 8.40. The number of nitrogens with one attached hydrogen (secondary N) is 1. The van der Waals surface area contributed by atoms with Gasteiger partial charge in [-0.2, -0.15) is 10.2 Å². The van der Waals surface area contributed by atoms with Crippen LogP contribution >= 0.6 is 0 Å². The zero-order valence-electron chi connectivity index (χ0n) is 19.1. The van der Waals surface area contributed by atoms with Crippen LogP contribution in [-0.2, 0) is 24.1 Å². The lowest BCUT2D eigenvalue weighted by atomic mass is 10.1. The third-order valence-corrected chi connectivity index (χ3v) is 7.21. The van der Waals surface area contributed by atoms with Crippen molar-refractivity contribution in [1.82, 2.24) is 34.5 Å². The number of hydrogen-bond acceptors (Lipinski definition) is 7. The number of nitrogens with zero attached hydrogens (tertiary/aromatic N) is 7. The molecule has 4 heterocycles. The zero-order valence-corrected chi connectivity index (χ0v) is 19.9. The first kappa shape index (κ1) is 21.7. The normalized spacial score (nSPS) is 11.8. The number of aromatic nitrogens is 7. The molecule has 0 saturated carbocycles. The topological polar surface area (TPSA) is 120 Å². The van der Waals surface area contributed by atoms with E-state index >= 15 is 0 Å². The highest BCUT2D eigenvalue weighted by Crippen LogP contribution is 2.28. The molecular weight excluding hydrogens is 452 g/mol. The maximum atomic E-state index is 13.0. The van der Waals surface area contributed by atoms with Gasteiger partial charge < -0.3 is 0 Å². The molecule has 172 valence electrons. The number of rotatable bonds is 5. The Bertz CT molecular complexity index is 1650. The summed E-state index contributed by atoms with van der Waals surface area (Å²) in [5.74, 6) is 0. The maximum Gasteiger partial charge on any atom is 0.265 e. The minimum atomic E-state index is -3.83. The Kier molecular flexibility index (Phi) is 5.13. The van der Waals surface area contributed by atoms with Crippen molar-refractivity contribution in [3.8, 4) is 22.4 Å². The van der Waals surface area contributed by atoms with E-state index in [1.165, 1.54) is 6.20 Å². The van der Waals surface area contributed by atoms with Gasteiger partial charge in [-0.25, -0.2) is 13.4 Å². The van der Waals surface area contributed by atoms with Crippen LogP contribution in [0.4, 0.5) is 5.69 Å². The minimum absolute atomic E-state index is 0.171. The van der Waals surface area contributed by atoms with E-state index in [9.17, 15) is 8.42 Å². The van der Waals surface area contributed by atoms with Crippen LogP contribution in [0.3, 0.4) is 0 Å². The fourth-order valence-corrected chi connectivity index (χ4v) is 5.36. The van der Waals surface area contributed by atoms with E-state index in [2.05, 4.69) is 24.9 Å². The van der Waals surface area contributed by atoms with Gasteiger partial charge >= 0.3 is 0 Å². The van der Waals surface area contributed by atoms with Gasteiger partial charge in [-0.05, 0) is 37.6 Å². The summed E-state index contributed by atoms with van der Waals surface area (Å²) in [7, 11) is -0.263. The Hall–Kier alpha value is -4.12. The minimum Gasteiger partial charge on any atom is -0.278 e. The summed E-state index contributed by atoms with van der Waals surface area (Å²) in [6.45, 7) is 3.39. The van der Waals surface area contributed by atoms with Gasteiger partial charge in [-0.1, -0.05) is 6.07 Å². The fourth-order valence-electron chi connectivity index (χ4n) is 3.89. The van der Waals surface area contributed by atoms with Crippen molar-refractivity contribution in [2.24, 2.45) is 14.1 Å². The Morgan fingerprint density at radius 3 is 2.44 bits per heavy atom. The van der Waals surface area contributed by atoms with Crippen LogP contribution in [-0.4, -0.2) is 42.9 Å². The lowest BCUT2D eigenvalue weighted by Crippen LogP contribution is -2.15. The average Bonchev–Trinajstić information content (AvgIpc) is 3.35. The molecule has 0 bridgehead atoms. The second kappa shape index (κ2) is 8.03. The van der Waals surface area contributed by atoms with Gasteiger partial charge in [0.2, 0.25) is 0 Å². The van der Waals surface area contributed by atoms with Crippen LogP contribution in [0.25, 0.3) is 33.4 Å². The first-order valence-corrected chi connectivity index (χ1v) is 11.9. The highest BCUT2D eigenvalue weighted by atomic mass is 32.2. The second-order valence-electron chi connectivity index (χ2n) is 8.05. The Labute approximate surface area is 196 Å². The summed E-state index contributed by atoms with van der Waals surface area (Å²) in [6, 6.07) is 7.44. The molecule has 5 rings (SSSR count). The molecule has 0 spiro atoms. The van der Waals surface area contributed by atoms with E-state index in [0.29, 0.717) is 22.6 Å². The van der Waals surface area contributed by atoms with Gasteiger partial charge in [0.25, 0.3) is 10.0 Å². The van der Waals surface area contributed by atoms with Gasteiger partial charge in [0.05, 0.1) is 52.4 Å². The van der Waals surface area contributed by atoms with E-state index in [-0.39, 0.29) is 4.90 Å². The van der Waals surface area contributed by atoms with E-state index in [1.807, 2.05) is 31.4 Å². The van der Waals surface area contributed by atoms with Crippen molar-refractivity contribution >= 4 is 26.7 Å². The maximum absolute atomic E-state index is 13.0. The van der Waals surface area contributed by atoms with Crippen LogP contribution in [0.5, 0.6) is 0 Å².